The summed E-state index contributed by atoms with van der Waals surface area (Å²) in [6, 6.07) is 0. The summed E-state index contributed by atoms with van der Waals surface area (Å²) < 4.78 is 0. The molecular weight excluding hydrogens is 159 g/mol. The monoisotopic (exact) mass is 170 g/mol. The molecule has 0 saturated carbocycles. The van der Waals surface area contributed by atoms with Crippen molar-refractivity contribution in [2.24, 2.45) is 5.92 Å². The van der Waals surface area contributed by atoms with Crippen LogP contribution in [0.25, 0.3) is 0 Å². The highest BCUT2D eigenvalue weighted by Crippen LogP contribution is 2.19. The summed E-state index contributed by atoms with van der Waals surface area (Å²) in [5.74, 6) is 1.04. The zero-order valence-corrected chi connectivity index (χ0v) is 6.80. The average Bonchev–Trinajstić information content (AvgIpc) is 1.67. The molecule has 9 heavy (non-hydrogen) atoms. The van der Waals surface area contributed by atoms with Gasteiger partial charge in [0.2, 0.25) is 0 Å². The van der Waals surface area contributed by atoms with Crippen molar-refractivity contribution < 1.29 is 0 Å². The summed E-state index contributed by atoms with van der Waals surface area (Å²) in [4.78, 5) is 0. The second-order valence-corrected chi connectivity index (χ2v) is 2.47. The molecule has 3 rings (SSSR count). The quantitative estimate of drug-likeness (QED) is 0.576. The van der Waals surface area contributed by atoms with Gasteiger partial charge in [0.1, 0.15) is 0 Å². The minimum Gasteiger partial charge on any atom is -0.255 e. The molecule has 0 unspecified atom stereocenters. The maximum atomic E-state index is 3.28. The van der Waals surface area contributed by atoms with Gasteiger partial charge < -0.3 is 0 Å². The molecule has 0 aromatic carbocycles. The molecule has 3 aliphatic heterocycles. The first-order chi connectivity index (χ1) is 3.45. The van der Waals surface area contributed by atoms with Crippen molar-refractivity contribution in [2.45, 2.75) is 6.42 Å². The molecular formula is C5H12Cl2N2. The molecule has 0 aliphatic carbocycles. The van der Waals surface area contributed by atoms with Crippen LogP contribution in [0, 0.1) is 5.92 Å². The van der Waals surface area contributed by atoms with Crippen molar-refractivity contribution >= 4 is 24.8 Å². The van der Waals surface area contributed by atoms with Crippen LogP contribution in [0.2, 0.25) is 0 Å². The number of hydrogen-bond acceptors (Lipinski definition) is 2. The van der Waals surface area contributed by atoms with E-state index >= 15 is 0 Å². The van der Waals surface area contributed by atoms with E-state index in [2.05, 4.69) is 10.4 Å². The molecule has 2 bridgehead atoms. The molecule has 3 heterocycles. The minimum atomic E-state index is 0. The number of fused-ring (bicyclic) bond motifs is 2. The Morgan fingerprint density at radius 2 is 1.89 bits per heavy atom. The fraction of sp³-hybridized carbons (Fsp3) is 1.00. The molecule has 4 heteroatoms. The Labute approximate surface area is 67.8 Å². The van der Waals surface area contributed by atoms with E-state index in [1.54, 1.807) is 0 Å². The van der Waals surface area contributed by atoms with Crippen molar-refractivity contribution in [3.05, 3.63) is 0 Å². The molecule has 0 atom stereocenters. The fourth-order valence-corrected chi connectivity index (χ4v) is 1.31. The number of nitrogens with zero attached hydrogens (tertiary/aromatic N) is 1. The van der Waals surface area contributed by atoms with Gasteiger partial charge in [0.25, 0.3) is 0 Å². The average molecular weight is 171 g/mol. The fourth-order valence-electron chi connectivity index (χ4n) is 1.31. The lowest BCUT2D eigenvalue weighted by atomic mass is 9.96. The van der Waals surface area contributed by atoms with Crippen LogP contribution in [-0.2, 0) is 0 Å². The lowest BCUT2D eigenvalue weighted by molar-refractivity contribution is -0.00359. The molecule has 1 N–H and O–H groups in total. The Morgan fingerprint density at radius 3 is 2.00 bits per heavy atom. The van der Waals surface area contributed by atoms with E-state index in [-0.39, 0.29) is 24.8 Å². The van der Waals surface area contributed by atoms with E-state index in [0.717, 1.165) is 5.92 Å². The lowest BCUT2D eigenvalue weighted by Crippen LogP contribution is -2.59. The van der Waals surface area contributed by atoms with E-state index in [0.29, 0.717) is 0 Å². The predicted octanol–water partition coefficient (Wildman–Crippen LogP) is 0.670. The van der Waals surface area contributed by atoms with Gasteiger partial charge in [0.05, 0.1) is 0 Å². The number of nitrogens with one attached hydrogen (secondary N) is 1. The third-order valence-corrected chi connectivity index (χ3v) is 1.85. The van der Waals surface area contributed by atoms with E-state index in [9.17, 15) is 0 Å². The zero-order chi connectivity index (χ0) is 4.69. The Kier molecular flexibility index (Phi) is 3.82. The summed E-state index contributed by atoms with van der Waals surface area (Å²) in [6.07, 6.45) is 1.40. The second-order valence-electron chi connectivity index (χ2n) is 2.47. The summed E-state index contributed by atoms with van der Waals surface area (Å²) in [5.41, 5.74) is 3.28. The highest BCUT2D eigenvalue weighted by molar-refractivity contribution is 5.85. The largest absolute Gasteiger partial charge is 0.255 e. The maximum Gasteiger partial charge on any atom is 0.0172 e. The summed E-state index contributed by atoms with van der Waals surface area (Å²) in [6.45, 7) is 3.82. The number of hydrogen-bond donors (Lipinski definition) is 1. The van der Waals surface area contributed by atoms with E-state index < -0.39 is 0 Å². The third-order valence-electron chi connectivity index (χ3n) is 1.85. The molecule has 0 amide bonds. The topological polar surface area (TPSA) is 15.3 Å². The van der Waals surface area contributed by atoms with Gasteiger partial charge in [-0.05, 0) is 12.3 Å². The summed E-state index contributed by atoms with van der Waals surface area (Å²) in [7, 11) is 0. The zero-order valence-electron chi connectivity index (χ0n) is 5.17. The van der Waals surface area contributed by atoms with Gasteiger partial charge in [-0.1, -0.05) is 0 Å². The Bertz CT molecular complexity index is 69.5. The third kappa shape index (κ3) is 1.71. The van der Waals surface area contributed by atoms with Crippen LogP contribution in [0.15, 0.2) is 0 Å². The van der Waals surface area contributed by atoms with Crippen molar-refractivity contribution in [1.29, 1.82) is 0 Å². The maximum absolute atomic E-state index is 3.28. The second kappa shape index (κ2) is 3.62. The Balaban J connectivity index is 0.000000320. The molecule has 0 spiro atoms. The first-order valence-electron chi connectivity index (χ1n) is 2.93. The minimum absolute atomic E-state index is 0. The molecule has 3 aliphatic rings. The molecule has 3 saturated heterocycles. The van der Waals surface area contributed by atoms with Gasteiger partial charge >= 0.3 is 0 Å². The molecule has 0 radical (unpaired) electrons. The van der Waals surface area contributed by atoms with Gasteiger partial charge in [-0.2, -0.15) is 0 Å². The first-order valence-corrected chi connectivity index (χ1v) is 2.93. The Hall–Kier alpha value is 0.500. The number of hydrazine groups is 1. The van der Waals surface area contributed by atoms with Crippen LogP contribution in [0.5, 0.6) is 0 Å². The highest BCUT2D eigenvalue weighted by atomic mass is 35.5. The molecule has 0 aromatic heterocycles. The summed E-state index contributed by atoms with van der Waals surface area (Å²) >= 11 is 0. The van der Waals surface area contributed by atoms with Gasteiger partial charge in [0.15, 0.2) is 0 Å². The van der Waals surface area contributed by atoms with Gasteiger partial charge in [-0.25, -0.2) is 5.01 Å². The highest BCUT2D eigenvalue weighted by Gasteiger charge is 2.29. The molecule has 2 nitrogen and oxygen atoms in total. The SMILES string of the molecule is C1CC2CN(C2)N1.Cl.Cl. The normalized spacial score (nSPS) is 37.3. The van der Waals surface area contributed by atoms with Crippen molar-refractivity contribution in [1.82, 2.24) is 10.4 Å². The van der Waals surface area contributed by atoms with Crippen molar-refractivity contribution in [3.63, 3.8) is 0 Å². The smallest absolute Gasteiger partial charge is 0.0172 e. The van der Waals surface area contributed by atoms with Crippen molar-refractivity contribution in [2.75, 3.05) is 19.6 Å². The first kappa shape index (κ1) is 9.50. The van der Waals surface area contributed by atoms with Crippen LogP contribution in [-0.4, -0.2) is 24.6 Å². The molecule has 56 valence electrons. The van der Waals surface area contributed by atoms with Crippen LogP contribution >= 0.6 is 24.8 Å². The van der Waals surface area contributed by atoms with E-state index in [1.807, 2.05) is 0 Å². The van der Waals surface area contributed by atoms with Crippen LogP contribution in [0.3, 0.4) is 0 Å². The molecule has 3 fully saturated rings. The number of halogens is 2. The predicted molar refractivity (Wildman–Crippen MR) is 42.2 cm³/mol. The number of rotatable bonds is 0. The van der Waals surface area contributed by atoms with E-state index in [1.165, 1.54) is 26.1 Å². The molecule has 0 aromatic rings. The van der Waals surface area contributed by atoms with Gasteiger partial charge in [0, 0.05) is 19.6 Å². The van der Waals surface area contributed by atoms with Crippen LogP contribution in [0.4, 0.5) is 0 Å². The van der Waals surface area contributed by atoms with E-state index in [4.69, 9.17) is 0 Å². The van der Waals surface area contributed by atoms with Gasteiger partial charge in [-0.3, -0.25) is 5.43 Å². The van der Waals surface area contributed by atoms with Gasteiger partial charge in [-0.15, -0.1) is 24.8 Å². The lowest BCUT2D eigenvalue weighted by Gasteiger charge is -2.44. The van der Waals surface area contributed by atoms with Crippen LogP contribution in [0.1, 0.15) is 6.42 Å². The van der Waals surface area contributed by atoms with Crippen LogP contribution < -0.4 is 5.43 Å². The Morgan fingerprint density at radius 1 is 1.22 bits per heavy atom. The standard InChI is InChI=1S/C5H10N2.2ClH/c1-2-6-7-3-5(1)4-7;;/h5-6H,1-4H2;2*1H. The van der Waals surface area contributed by atoms with Crippen molar-refractivity contribution in [3.8, 4) is 0 Å². The summed E-state index contributed by atoms with van der Waals surface area (Å²) in [5, 5.41) is 2.29.